The number of nitrogens with zero attached hydrogens (tertiary/aromatic N) is 5. The minimum atomic E-state index is -0.181. The van der Waals surface area contributed by atoms with Crippen LogP contribution in [0.15, 0.2) is 34.1 Å². The number of carbonyl (C=O) groups is 1. The third kappa shape index (κ3) is 3.70. The molecule has 0 aromatic carbocycles. The molecule has 2 aromatic rings. The van der Waals surface area contributed by atoms with Crippen LogP contribution in [0.25, 0.3) is 11.7 Å². The lowest BCUT2D eigenvalue weighted by Crippen LogP contribution is -2.45. The number of thioether (sulfide) groups is 1. The molecule has 7 nitrogen and oxygen atoms in total. The fourth-order valence-electron chi connectivity index (χ4n) is 3.53. The molecule has 152 valence electrons. The smallest absolute Gasteiger partial charge is 0.267 e. The Bertz CT molecular complexity index is 1070. The number of likely N-dealkylation sites (N-methyl/N-ethyl adjacent to an activating group) is 1. The number of piperazine rings is 1. The molecule has 2 fully saturated rings. The van der Waals surface area contributed by atoms with Gasteiger partial charge in [-0.15, -0.1) is 0 Å². The van der Waals surface area contributed by atoms with Crippen molar-refractivity contribution in [2.75, 3.05) is 38.1 Å². The number of pyridine rings is 1. The minimum absolute atomic E-state index is 0.0265. The van der Waals surface area contributed by atoms with Gasteiger partial charge in [-0.2, -0.15) is 0 Å². The van der Waals surface area contributed by atoms with E-state index < -0.39 is 0 Å². The van der Waals surface area contributed by atoms with E-state index in [9.17, 15) is 9.59 Å². The number of fused-ring (bicyclic) bond motifs is 1. The zero-order chi connectivity index (χ0) is 20.7. The monoisotopic (exact) mass is 429 g/mol. The molecule has 0 atom stereocenters. The number of aromatic nitrogens is 2. The number of carbonyl (C=O) groups excluding carboxylic acids is 1. The Balaban J connectivity index is 1.85. The summed E-state index contributed by atoms with van der Waals surface area (Å²) in [6.45, 7) is 7.20. The molecule has 1 amide bonds. The van der Waals surface area contributed by atoms with Crippen molar-refractivity contribution in [3.63, 3.8) is 0 Å². The molecule has 9 heteroatoms. The van der Waals surface area contributed by atoms with E-state index in [0.29, 0.717) is 26.3 Å². The minimum Gasteiger partial charge on any atom is -0.353 e. The van der Waals surface area contributed by atoms with Crippen molar-refractivity contribution < 1.29 is 4.79 Å². The number of anilines is 1. The molecule has 0 saturated carbocycles. The molecule has 29 heavy (non-hydrogen) atoms. The van der Waals surface area contributed by atoms with Crippen LogP contribution in [-0.2, 0) is 4.79 Å². The van der Waals surface area contributed by atoms with E-state index in [1.165, 1.54) is 16.2 Å². The molecule has 2 saturated heterocycles. The van der Waals surface area contributed by atoms with Crippen LogP contribution in [0.1, 0.15) is 19.4 Å². The SMILES string of the molecule is CC(C)N1C(=O)/C(=C/c2c(N3CCN(C)CC3)nc3ccccn3c2=O)SC1=S. The predicted octanol–water partition coefficient (Wildman–Crippen LogP) is 2.06. The molecule has 2 aliphatic heterocycles. The molecule has 0 spiro atoms. The Kier molecular flexibility index (Phi) is 5.46. The van der Waals surface area contributed by atoms with Crippen molar-refractivity contribution in [2.45, 2.75) is 19.9 Å². The van der Waals surface area contributed by atoms with Crippen molar-refractivity contribution in [1.29, 1.82) is 0 Å². The second-order valence-corrected chi connectivity index (χ2v) is 9.19. The predicted molar refractivity (Wildman–Crippen MR) is 121 cm³/mol. The summed E-state index contributed by atoms with van der Waals surface area (Å²) in [5.74, 6) is 0.473. The molecule has 2 aromatic heterocycles. The molecule has 0 N–H and O–H groups in total. The van der Waals surface area contributed by atoms with E-state index in [-0.39, 0.29) is 17.5 Å². The van der Waals surface area contributed by atoms with Gasteiger partial charge in [0, 0.05) is 38.4 Å². The van der Waals surface area contributed by atoms with Gasteiger partial charge in [0.15, 0.2) is 0 Å². The first-order valence-corrected chi connectivity index (χ1v) is 10.8. The highest BCUT2D eigenvalue weighted by atomic mass is 32.2. The lowest BCUT2D eigenvalue weighted by molar-refractivity contribution is -0.123. The van der Waals surface area contributed by atoms with Crippen molar-refractivity contribution in [2.24, 2.45) is 0 Å². The number of rotatable bonds is 3. The first-order valence-electron chi connectivity index (χ1n) is 9.59. The maximum Gasteiger partial charge on any atom is 0.267 e. The van der Waals surface area contributed by atoms with Crippen LogP contribution in [0.4, 0.5) is 5.82 Å². The first kappa shape index (κ1) is 20.1. The van der Waals surface area contributed by atoms with Crippen LogP contribution in [0.2, 0.25) is 0 Å². The van der Waals surface area contributed by atoms with Gasteiger partial charge in [-0.05, 0) is 39.1 Å². The molecule has 0 bridgehead atoms. The Morgan fingerprint density at radius 1 is 1.17 bits per heavy atom. The number of thiocarbonyl (C=S) groups is 1. The summed E-state index contributed by atoms with van der Waals surface area (Å²) in [7, 11) is 2.08. The Labute approximate surface area is 179 Å². The summed E-state index contributed by atoms with van der Waals surface area (Å²) >= 11 is 6.62. The third-order valence-corrected chi connectivity index (χ3v) is 6.50. The zero-order valence-corrected chi connectivity index (χ0v) is 18.3. The second kappa shape index (κ2) is 7.89. The Morgan fingerprint density at radius 2 is 1.90 bits per heavy atom. The summed E-state index contributed by atoms with van der Waals surface area (Å²) in [6, 6.07) is 5.46. The molecule has 2 aliphatic rings. The second-order valence-electron chi connectivity index (χ2n) is 7.52. The highest BCUT2D eigenvalue weighted by molar-refractivity contribution is 8.26. The zero-order valence-electron chi connectivity index (χ0n) is 16.7. The van der Waals surface area contributed by atoms with Crippen LogP contribution in [0.5, 0.6) is 0 Å². The first-order chi connectivity index (χ1) is 13.9. The van der Waals surface area contributed by atoms with Gasteiger partial charge in [-0.25, -0.2) is 4.98 Å². The van der Waals surface area contributed by atoms with Gasteiger partial charge in [0.05, 0.1) is 10.5 Å². The van der Waals surface area contributed by atoms with Crippen LogP contribution >= 0.6 is 24.0 Å². The largest absolute Gasteiger partial charge is 0.353 e. The topological polar surface area (TPSA) is 61.2 Å². The van der Waals surface area contributed by atoms with Crippen molar-refractivity contribution in [3.8, 4) is 0 Å². The fourth-order valence-corrected chi connectivity index (χ4v) is 5.04. The van der Waals surface area contributed by atoms with Gasteiger partial charge in [-0.3, -0.25) is 18.9 Å². The highest BCUT2D eigenvalue weighted by Crippen LogP contribution is 2.34. The quantitative estimate of drug-likeness (QED) is 0.547. The molecular weight excluding hydrogens is 406 g/mol. The summed E-state index contributed by atoms with van der Waals surface area (Å²) in [5, 5.41) is 0. The van der Waals surface area contributed by atoms with Crippen molar-refractivity contribution >= 4 is 51.7 Å². The third-order valence-electron chi connectivity index (χ3n) is 5.17. The molecule has 4 heterocycles. The van der Waals surface area contributed by atoms with E-state index in [2.05, 4.69) is 16.8 Å². The highest BCUT2D eigenvalue weighted by Gasteiger charge is 2.34. The maximum atomic E-state index is 13.3. The van der Waals surface area contributed by atoms with Crippen LogP contribution in [0, 0.1) is 0 Å². The van der Waals surface area contributed by atoms with Crippen molar-refractivity contribution in [1.82, 2.24) is 19.2 Å². The summed E-state index contributed by atoms with van der Waals surface area (Å²) in [5.41, 5.74) is 0.847. The van der Waals surface area contributed by atoms with Gasteiger partial charge in [-0.1, -0.05) is 30.0 Å². The lowest BCUT2D eigenvalue weighted by atomic mass is 10.2. The molecule has 4 rings (SSSR count). The van der Waals surface area contributed by atoms with E-state index in [4.69, 9.17) is 17.2 Å². The van der Waals surface area contributed by atoms with Gasteiger partial charge in [0.1, 0.15) is 15.8 Å². The van der Waals surface area contributed by atoms with Crippen molar-refractivity contribution in [3.05, 3.63) is 45.2 Å². The average Bonchev–Trinajstić information content (AvgIpc) is 2.98. The molecule has 0 radical (unpaired) electrons. The number of hydrogen-bond acceptors (Lipinski definition) is 7. The number of hydrogen-bond donors (Lipinski definition) is 0. The van der Waals surface area contributed by atoms with Crippen LogP contribution in [0.3, 0.4) is 0 Å². The van der Waals surface area contributed by atoms with Crippen LogP contribution in [-0.4, -0.2) is 68.7 Å². The maximum absolute atomic E-state index is 13.3. The van der Waals surface area contributed by atoms with E-state index in [1.807, 2.05) is 26.0 Å². The Hall–Kier alpha value is -2.23. The summed E-state index contributed by atoms with van der Waals surface area (Å²) in [4.78, 5) is 37.4. The molecule has 0 unspecified atom stereocenters. The van der Waals surface area contributed by atoms with E-state index in [0.717, 1.165) is 26.2 Å². The average molecular weight is 430 g/mol. The Morgan fingerprint density at radius 3 is 2.55 bits per heavy atom. The van der Waals surface area contributed by atoms with Gasteiger partial charge < -0.3 is 9.80 Å². The lowest BCUT2D eigenvalue weighted by Gasteiger charge is -2.34. The molecular formula is C20H23N5O2S2. The molecule has 0 aliphatic carbocycles. The summed E-state index contributed by atoms with van der Waals surface area (Å²) in [6.07, 6.45) is 3.37. The van der Waals surface area contributed by atoms with E-state index in [1.54, 1.807) is 23.2 Å². The summed E-state index contributed by atoms with van der Waals surface area (Å²) < 4.78 is 2.04. The van der Waals surface area contributed by atoms with Crippen LogP contribution < -0.4 is 10.5 Å². The van der Waals surface area contributed by atoms with Gasteiger partial charge in [0.25, 0.3) is 11.5 Å². The van der Waals surface area contributed by atoms with Gasteiger partial charge in [0.2, 0.25) is 0 Å². The van der Waals surface area contributed by atoms with Gasteiger partial charge >= 0.3 is 0 Å². The normalized spacial score (nSPS) is 19.9. The standard InChI is InChI=1S/C20H23N5O2S2/c1-13(2)25-19(27)15(29-20(25)28)12-14-17(23-10-8-22(3)9-11-23)21-16-6-4-5-7-24(16)18(14)26/h4-7,12-13H,8-11H2,1-3H3/b15-12-. The van der Waals surface area contributed by atoms with E-state index >= 15 is 0 Å². The fraction of sp³-hybridized carbons (Fsp3) is 0.400. The number of amides is 1.